The summed E-state index contributed by atoms with van der Waals surface area (Å²) in [5.74, 6) is 1.00. The molecular formula is C21H18N2O4. The van der Waals surface area contributed by atoms with Gasteiger partial charge in [0.25, 0.3) is 5.91 Å². The smallest absolute Gasteiger partial charge is 0.262 e. The number of carbonyl (C=O) groups excluding carboxylic acids is 2. The molecule has 3 aromatic carbocycles. The van der Waals surface area contributed by atoms with Crippen LogP contribution in [-0.4, -0.2) is 18.4 Å². The van der Waals surface area contributed by atoms with Gasteiger partial charge in [-0.05, 0) is 48.5 Å². The van der Waals surface area contributed by atoms with E-state index in [2.05, 4.69) is 5.32 Å². The number of para-hydroxylation sites is 1. The van der Waals surface area contributed by atoms with Crippen LogP contribution in [0, 0.1) is 0 Å². The summed E-state index contributed by atoms with van der Waals surface area (Å²) in [7, 11) is 0. The molecule has 0 saturated heterocycles. The lowest BCUT2D eigenvalue weighted by Crippen LogP contribution is -2.20. The third kappa shape index (κ3) is 5.34. The first-order valence-electron chi connectivity index (χ1n) is 8.25. The lowest BCUT2D eigenvalue weighted by molar-refractivity contribution is -0.118. The fourth-order valence-electron chi connectivity index (χ4n) is 2.32. The summed E-state index contributed by atoms with van der Waals surface area (Å²) < 4.78 is 11.2. The molecule has 2 amide bonds. The van der Waals surface area contributed by atoms with E-state index in [9.17, 15) is 9.59 Å². The Morgan fingerprint density at radius 1 is 0.815 bits per heavy atom. The number of rotatable bonds is 7. The SMILES string of the molecule is NC(=O)c1ccc(NC(=O)COc2cccc(Oc3ccccc3)c2)cc1. The van der Waals surface area contributed by atoms with Crippen LogP contribution < -0.4 is 20.5 Å². The molecule has 3 rings (SSSR count). The second kappa shape index (κ2) is 8.53. The van der Waals surface area contributed by atoms with E-state index in [0.29, 0.717) is 28.5 Å². The average Bonchev–Trinajstić information content (AvgIpc) is 2.68. The molecule has 3 N–H and O–H groups in total. The van der Waals surface area contributed by atoms with Crippen LogP contribution >= 0.6 is 0 Å². The first-order valence-corrected chi connectivity index (χ1v) is 8.25. The minimum Gasteiger partial charge on any atom is -0.484 e. The number of hydrogen-bond acceptors (Lipinski definition) is 4. The molecule has 0 bridgehead atoms. The van der Waals surface area contributed by atoms with Gasteiger partial charge in [0.1, 0.15) is 17.2 Å². The van der Waals surface area contributed by atoms with Crippen LogP contribution in [0.3, 0.4) is 0 Å². The van der Waals surface area contributed by atoms with Crippen LogP contribution in [0.4, 0.5) is 5.69 Å². The summed E-state index contributed by atoms with van der Waals surface area (Å²) in [5, 5.41) is 2.69. The van der Waals surface area contributed by atoms with Crippen molar-refractivity contribution in [2.75, 3.05) is 11.9 Å². The summed E-state index contributed by atoms with van der Waals surface area (Å²) in [6, 6.07) is 22.7. The predicted octanol–water partition coefficient (Wildman–Crippen LogP) is 3.60. The zero-order valence-electron chi connectivity index (χ0n) is 14.4. The Morgan fingerprint density at radius 2 is 1.48 bits per heavy atom. The number of anilines is 1. The summed E-state index contributed by atoms with van der Waals surface area (Å²) >= 11 is 0. The van der Waals surface area contributed by atoms with Crippen molar-refractivity contribution in [2.45, 2.75) is 0 Å². The van der Waals surface area contributed by atoms with E-state index in [-0.39, 0.29) is 12.5 Å². The van der Waals surface area contributed by atoms with E-state index in [1.807, 2.05) is 30.3 Å². The molecule has 0 saturated carbocycles. The Bertz CT molecular complexity index is 924. The van der Waals surface area contributed by atoms with E-state index in [1.165, 1.54) is 0 Å². The maximum atomic E-state index is 12.0. The highest BCUT2D eigenvalue weighted by Gasteiger charge is 2.06. The molecule has 0 atom stereocenters. The summed E-state index contributed by atoms with van der Waals surface area (Å²) in [6.07, 6.45) is 0. The van der Waals surface area contributed by atoms with Crippen molar-refractivity contribution in [1.29, 1.82) is 0 Å². The van der Waals surface area contributed by atoms with E-state index < -0.39 is 5.91 Å². The highest BCUT2D eigenvalue weighted by molar-refractivity contribution is 5.95. The van der Waals surface area contributed by atoms with Gasteiger partial charge in [0.15, 0.2) is 6.61 Å². The standard InChI is InChI=1S/C21H18N2O4/c22-21(25)15-9-11-16(12-10-15)23-20(24)14-26-18-7-4-8-19(13-18)27-17-5-2-1-3-6-17/h1-13H,14H2,(H2,22,25)(H,23,24). The second-order valence-electron chi connectivity index (χ2n) is 5.67. The van der Waals surface area contributed by atoms with E-state index in [0.717, 1.165) is 0 Å². The molecule has 0 radical (unpaired) electrons. The van der Waals surface area contributed by atoms with Gasteiger partial charge in [-0.3, -0.25) is 9.59 Å². The van der Waals surface area contributed by atoms with Crippen molar-refractivity contribution in [1.82, 2.24) is 0 Å². The molecule has 0 fully saturated rings. The fraction of sp³-hybridized carbons (Fsp3) is 0.0476. The molecule has 0 aliphatic carbocycles. The lowest BCUT2D eigenvalue weighted by atomic mass is 10.2. The summed E-state index contributed by atoms with van der Waals surface area (Å²) in [6.45, 7) is -0.160. The molecule has 6 heteroatoms. The van der Waals surface area contributed by atoms with Crippen LogP contribution in [0.15, 0.2) is 78.9 Å². The zero-order chi connectivity index (χ0) is 19.1. The number of benzene rings is 3. The maximum absolute atomic E-state index is 12.0. The minimum absolute atomic E-state index is 0.160. The molecule has 0 aliphatic rings. The Balaban J connectivity index is 1.54. The first-order chi connectivity index (χ1) is 13.1. The molecule has 136 valence electrons. The highest BCUT2D eigenvalue weighted by atomic mass is 16.5. The van der Waals surface area contributed by atoms with Gasteiger partial charge >= 0.3 is 0 Å². The van der Waals surface area contributed by atoms with E-state index in [1.54, 1.807) is 48.5 Å². The third-order valence-corrected chi connectivity index (χ3v) is 3.61. The Morgan fingerprint density at radius 3 is 2.19 bits per heavy atom. The number of primary amides is 1. The van der Waals surface area contributed by atoms with Crippen molar-refractivity contribution in [3.8, 4) is 17.2 Å². The molecular weight excluding hydrogens is 344 g/mol. The fourth-order valence-corrected chi connectivity index (χ4v) is 2.32. The topological polar surface area (TPSA) is 90.7 Å². The van der Waals surface area contributed by atoms with Crippen LogP contribution in [0.5, 0.6) is 17.2 Å². The quantitative estimate of drug-likeness (QED) is 0.672. The van der Waals surface area contributed by atoms with Gasteiger partial charge in [0, 0.05) is 17.3 Å². The van der Waals surface area contributed by atoms with Crippen molar-refractivity contribution in [3.05, 3.63) is 84.4 Å². The first kappa shape index (κ1) is 18.0. The van der Waals surface area contributed by atoms with Gasteiger partial charge in [-0.2, -0.15) is 0 Å². The van der Waals surface area contributed by atoms with E-state index in [4.69, 9.17) is 15.2 Å². The lowest BCUT2D eigenvalue weighted by Gasteiger charge is -2.10. The second-order valence-corrected chi connectivity index (χ2v) is 5.67. The monoisotopic (exact) mass is 362 g/mol. The number of nitrogens with two attached hydrogens (primary N) is 1. The molecule has 0 aliphatic heterocycles. The summed E-state index contributed by atoms with van der Waals surface area (Å²) in [4.78, 5) is 23.1. The average molecular weight is 362 g/mol. The van der Waals surface area contributed by atoms with Crippen LogP contribution in [0.25, 0.3) is 0 Å². The number of nitrogens with one attached hydrogen (secondary N) is 1. The zero-order valence-corrected chi connectivity index (χ0v) is 14.4. The highest BCUT2D eigenvalue weighted by Crippen LogP contribution is 2.25. The van der Waals surface area contributed by atoms with Gasteiger partial charge in [-0.25, -0.2) is 0 Å². The van der Waals surface area contributed by atoms with Crippen LogP contribution in [0.1, 0.15) is 10.4 Å². The van der Waals surface area contributed by atoms with Gasteiger partial charge in [-0.15, -0.1) is 0 Å². The number of hydrogen-bond donors (Lipinski definition) is 2. The number of carbonyl (C=O) groups is 2. The Kier molecular flexibility index (Phi) is 5.69. The molecule has 27 heavy (non-hydrogen) atoms. The van der Waals surface area contributed by atoms with Crippen LogP contribution in [0.2, 0.25) is 0 Å². The largest absolute Gasteiger partial charge is 0.484 e. The Labute approximate surface area is 156 Å². The normalized spacial score (nSPS) is 10.1. The van der Waals surface area contributed by atoms with Gasteiger partial charge in [0.2, 0.25) is 5.91 Å². The minimum atomic E-state index is -0.520. The molecule has 0 aromatic heterocycles. The molecule has 0 spiro atoms. The molecule has 0 heterocycles. The van der Waals surface area contributed by atoms with Crippen molar-refractivity contribution < 1.29 is 19.1 Å². The predicted molar refractivity (Wildman–Crippen MR) is 102 cm³/mol. The van der Waals surface area contributed by atoms with Crippen LogP contribution in [-0.2, 0) is 4.79 Å². The number of ether oxygens (including phenoxy) is 2. The van der Waals surface area contributed by atoms with Crippen molar-refractivity contribution in [3.63, 3.8) is 0 Å². The van der Waals surface area contributed by atoms with Gasteiger partial charge < -0.3 is 20.5 Å². The van der Waals surface area contributed by atoms with Gasteiger partial charge in [-0.1, -0.05) is 24.3 Å². The molecule has 3 aromatic rings. The number of amides is 2. The molecule has 6 nitrogen and oxygen atoms in total. The third-order valence-electron chi connectivity index (χ3n) is 3.61. The van der Waals surface area contributed by atoms with E-state index >= 15 is 0 Å². The summed E-state index contributed by atoms with van der Waals surface area (Å²) in [5.41, 5.74) is 6.11. The van der Waals surface area contributed by atoms with Crippen molar-refractivity contribution in [2.24, 2.45) is 5.73 Å². The maximum Gasteiger partial charge on any atom is 0.262 e. The molecule has 0 unspecified atom stereocenters. The Hall–Kier alpha value is -3.80. The van der Waals surface area contributed by atoms with Crippen molar-refractivity contribution >= 4 is 17.5 Å². The van der Waals surface area contributed by atoms with Gasteiger partial charge in [0.05, 0.1) is 0 Å².